The second kappa shape index (κ2) is 9.50. The molecule has 0 N–H and O–H groups in total. The number of halogens is 1. The van der Waals surface area contributed by atoms with Crippen molar-refractivity contribution in [3.05, 3.63) is 0 Å². The number of hydrogen-bond donors (Lipinski definition) is 0. The molecule has 2 saturated heterocycles. The summed E-state index contributed by atoms with van der Waals surface area (Å²) in [4.78, 5) is 0. The Labute approximate surface area is 128 Å². The van der Waals surface area contributed by atoms with Crippen molar-refractivity contribution in [3.8, 4) is 0 Å². The first-order valence-electron chi connectivity index (χ1n) is 5.83. The van der Waals surface area contributed by atoms with E-state index in [1.54, 1.807) is 12.8 Å². The Morgan fingerprint density at radius 2 is 1.17 bits per heavy atom. The molecule has 0 aromatic heterocycles. The minimum absolute atomic E-state index is 0.625. The Kier molecular flexibility index (Phi) is 9.30. The first kappa shape index (κ1) is 17.6. The van der Waals surface area contributed by atoms with Crippen molar-refractivity contribution < 1.29 is 48.6 Å². The number of rotatable bonds is 2. The minimum atomic E-state index is -4.94. The fraction of sp³-hybridized carbons (Fsp3) is 1.00. The van der Waals surface area contributed by atoms with Crippen LogP contribution in [0, 0.1) is 10.2 Å². The molecule has 8 heteroatoms. The molecule has 2 atom stereocenters. The van der Waals surface area contributed by atoms with Gasteiger partial charge < -0.3 is 0 Å². The third-order valence-electron chi connectivity index (χ3n) is 2.40. The largest absolute Gasteiger partial charge is 0.222 e. The van der Waals surface area contributed by atoms with Crippen LogP contribution in [0.2, 0.25) is 0 Å². The second-order valence-corrected chi connectivity index (χ2v) is 12.7. The van der Waals surface area contributed by atoms with Crippen LogP contribution >= 0.6 is 23.5 Å². The summed E-state index contributed by atoms with van der Waals surface area (Å²) < 4.78 is 36.2. The van der Waals surface area contributed by atoms with Crippen molar-refractivity contribution in [2.24, 2.45) is 0 Å². The predicted molar refractivity (Wildman–Crippen MR) is 60.2 cm³/mol. The van der Waals surface area contributed by atoms with Gasteiger partial charge in [0, 0.05) is 0 Å². The average molecular weight is 499 g/mol. The van der Waals surface area contributed by atoms with E-state index in [1.165, 1.54) is 37.2 Å². The molecule has 0 saturated carbocycles. The van der Waals surface area contributed by atoms with E-state index in [1.807, 2.05) is 0 Å². The van der Waals surface area contributed by atoms with Crippen molar-refractivity contribution in [1.29, 1.82) is 0 Å². The first-order valence-corrected chi connectivity index (χ1v) is 11.7. The van der Waals surface area contributed by atoms with Gasteiger partial charge in [-0.05, 0) is 0 Å². The summed E-state index contributed by atoms with van der Waals surface area (Å²) in [6, 6.07) is 0. The van der Waals surface area contributed by atoms with Crippen LogP contribution in [-0.4, -0.2) is 18.4 Å². The first-order chi connectivity index (χ1) is 8.45. The van der Waals surface area contributed by atoms with E-state index in [0.717, 1.165) is 6.94 Å². The molecule has 0 aromatic carbocycles. The topological polar surface area (TPSA) is 92.2 Å². The zero-order chi connectivity index (χ0) is 13.4. The number of thioether (sulfide) groups is 2. The number of hydrogen-bond acceptors (Lipinski definition) is 6. The van der Waals surface area contributed by atoms with Gasteiger partial charge in [-0.15, -0.1) is 10.2 Å². The molecule has 0 bridgehead atoms. The maximum Gasteiger partial charge on any atom is -0.112 e. The summed E-state index contributed by atoms with van der Waals surface area (Å²) >= 11 is 5.20. The van der Waals surface area contributed by atoms with Gasteiger partial charge in [-0.25, -0.2) is 18.6 Å². The van der Waals surface area contributed by atoms with Crippen LogP contribution in [0.25, 0.3) is 0 Å². The fourth-order valence-electron chi connectivity index (χ4n) is 1.64. The molecular weight excluding hydrogens is 481 g/mol. The summed E-state index contributed by atoms with van der Waals surface area (Å²) in [5, 5.41) is 0. The fourth-order valence-corrected chi connectivity index (χ4v) is 11.0. The van der Waals surface area contributed by atoms with Gasteiger partial charge in [-0.2, -0.15) is 0 Å². The zero-order valence-electron chi connectivity index (χ0n) is 9.94. The molecule has 0 aromatic rings. The molecule has 0 radical (unpaired) electrons. The molecule has 2 rings (SSSR count). The van der Waals surface area contributed by atoms with Gasteiger partial charge in [0.05, 0.1) is 0 Å². The maximum atomic E-state index is 8.49. The predicted octanol–water partition coefficient (Wildman–Crippen LogP) is -1.20. The molecule has 2 aliphatic heterocycles. The van der Waals surface area contributed by atoms with Crippen LogP contribution in [0.4, 0.5) is 0 Å². The molecule has 2 fully saturated rings. The molecule has 0 amide bonds. The van der Waals surface area contributed by atoms with Gasteiger partial charge in [-0.3, -0.25) is 0 Å². The Morgan fingerprint density at radius 1 is 0.778 bits per heavy atom. The van der Waals surface area contributed by atoms with E-state index in [9.17, 15) is 0 Å². The van der Waals surface area contributed by atoms with Gasteiger partial charge >= 0.3 is 100 Å². The quantitative estimate of drug-likeness (QED) is 0.444. The van der Waals surface area contributed by atoms with E-state index in [-0.39, 0.29) is 0 Å². The summed E-state index contributed by atoms with van der Waals surface area (Å²) in [6.07, 6.45) is 9.10. The molecule has 2 heterocycles. The molecular formula is C10H18AuClO4S2. The standard InChI is InChI=1S/2C5H9S.Au.ClHO4/c2*1-2-4-6-5-3-1;;2-1(3,4)5/h2*4H,1-3,5H2;;(H,2,3,4,5)/q;;+1;/p-1. The Morgan fingerprint density at radius 3 is 1.44 bits per heavy atom. The van der Waals surface area contributed by atoms with Crippen LogP contribution in [0.3, 0.4) is 0 Å². The summed E-state index contributed by atoms with van der Waals surface area (Å²) in [5.74, 6) is 2.91. The van der Waals surface area contributed by atoms with Crippen molar-refractivity contribution in [3.63, 3.8) is 0 Å². The molecule has 18 heavy (non-hydrogen) atoms. The summed E-state index contributed by atoms with van der Waals surface area (Å²) in [7, 11) is -4.94. The van der Waals surface area contributed by atoms with E-state index in [0.29, 0.717) is 19.8 Å². The molecule has 2 unspecified atom stereocenters. The van der Waals surface area contributed by atoms with Gasteiger partial charge in [0.1, 0.15) is 0 Å². The smallest absolute Gasteiger partial charge is 0.112 e. The van der Waals surface area contributed by atoms with Gasteiger partial charge in [0.15, 0.2) is 0 Å². The van der Waals surface area contributed by atoms with E-state index in [2.05, 4.69) is 23.5 Å². The molecule has 112 valence electrons. The van der Waals surface area contributed by atoms with Crippen molar-refractivity contribution >= 4 is 23.5 Å². The average Bonchev–Trinajstić information content (AvgIpc) is 2.29. The maximum absolute atomic E-state index is 8.49. The third-order valence-corrected chi connectivity index (χ3v) is 11.0. The zero-order valence-corrected chi connectivity index (χ0v) is 14.5. The molecule has 0 spiro atoms. The minimum Gasteiger partial charge on any atom is -0.222 e. The van der Waals surface area contributed by atoms with Crippen molar-refractivity contribution in [1.82, 2.24) is 0 Å². The monoisotopic (exact) mass is 498 g/mol. The molecule has 4 nitrogen and oxygen atoms in total. The van der Waals surface area contributed by atoms with Gasteiger partial charge in [-0.1, -0.05) is 0 Å². The summed E-state index contributed by atoms with van der Waals surface area (Å²) in [6.45, 7) is 0. The van der Waals surface area contributed by atoms with E-state index < -0.39 is 10.2 Å². The van der Waals surface area contributed by atoms with Gasteiger partial charge in [0.2, 0.25) is 0 Å². The Bertz CT molecular complexity index is 196. The van der Waals surface area contributed by atoms with Crippen LogP contribution < -0.4 is 18.6 Å². The molecule has 2 aliphatic rings. The normalized spacial score (nSPS) is 29.6. The van der Waals surface area contributed by atoms with Crippen LogP contribution in [0.5, 0.6) is 0 Å². The summed E-state index contributed by atoms with van der Waals surface area (Å²) in [5.41, 5.74) is 0. The van der Waals surface area contributed by atoms with Crippen LogP contribution in [-0.2, 0) is 19.8 Å². The third kappa shape index (κ3) is 10.4. The van der Waals surface area contributed by atoms with E-state index >= 15 is 0 Å². The second-order valence-electron chi connectivity index (χ2n) is 3.93. The molecule has 0 aliphatic carbocycles. The van der Waals surface area contributed by atoms with E-state index in [4.69, 9.17) is 18.6 Å². The van der Waals surface area contributed by atoms with Crippen LogP contribution in [0.1, 0.15) is 38.5 Å². The SMILES string of the molecule is C1CC[CH]([Au+][CH]2CCCCS2)SC1.[O-][Cl+3]([O-])([O-])[O-]. The Balaban J connectivity index is 0.000000280. The van der Waals surface area contributed by atoms with Crippen LogP contribution in [0.15, 0.2) is 0 Å². The van der Waals surface area contributed by atoms with Crippen molar-refractivity contribution in [2.45, 2.75) is 45.5 Å². The van der Waals surface area contributed by atoms with Crippen molar-refractivity contribution in [2.75, 3.05) is 11.5 Å². The Hall–Kier alpha value is 1.57. The van der Waals surface area contributed by atoms with Gasteiger partial charge in [0.25, 0.3) is 0 Å².